The van der Waals surface area contributed by atoms with E-state index in [1.165, 1.54) is 37.9 Å². The predicted molar refractivity (Wildman–Crippen MR) is 82.6 cm³/mol. The third-order valence-corrected chi connectivity index (χ3v) is 4.42. The van der Waals surface area contributed by atoms with Crippen LogP contribution in [0.5, 0.6) is 0 Å². The number of halogens is 2. The van der Waals surface area contributed by atoms with Gasteiger partial charge in [0, 0.05) is 17.6 Å². The van der Waals surface area contributed by atoms with Crippen LogP contribution in [-0.2, 0) is 6.54 Å². The van der Waals surface area contributed by atoms with E-state index in [0.717, 1.165) is 31.1 Å². The number of hydrogen-bond donors (Lipinski definition) is 1. The van der Waals surface area contributed by atoms with Crippen LogP contribution < -0.4 is 5.32 Å². The molecule has 4 heteroatoms. The Morgan fingerprint density at radius 2 is 2.25 bits per heavy atom. The van der Waals surface area contributed by atoms with E-state index in [9.17, 15) is 4.39 Å². The van der Waals surface area contributed by atoms with Crippen LogP contribution in [0.4, 0.5) is 4.39 Å². The van der Waals surface area contributed by atoms with Gasteiger partial charge in [-0.3, -0.25) is 0 Å². The smallest absolute Gasteiger partial charge is 0.124 e. The van der Waals surface area contributed by atoms with Gasteiger partial charge in [-0.15, -0.1) is 0 Å². The Kier molecular flexibility index (Phi) is 6.27. The molecule has 1 aliphatic rings. The van der Waals surface area contributed by atoms with Gasteiger partial charge in [-0.1, -0.05) is 24.1 Å². The van der Waals surface area contributed by atoms with E-state index in [1.54, 1.807) is 6.07 Å². The molecular weight excluding hydrogens is 275 g/mol. The highest BCUT2D eigenvalue weighted by Crippen LogP contribution is 2.17. The number of piperidine rings is 1. The van der Waals surface area contributed by atoms with Crippen LogP contribution in [-0.4, -0.2) is 30.6 Å². The fourth-order valence-electron chi connectivity index (χ4n) is 2.79. The summed E-state index contributed by atoms with van der Waals surface area (Å²) in [5, 5.41) is 3.88. The molecule has 1 unspecified atom stereocenters. The highest BCUT2D eigenvalue weighted by molar-refractivity contribution is 6.31. The van der Waals surface area contributed by atoms with Gasteiger partial charge >= 0.3 is 0 Å². The number of likely N-dealkylation sites (tertiary alicyclic amines) is 1. The first-order chi connectivity index (χ1) is 9.66. The van der Waals surface area contributed by atoms with Gasteiger partial charge in [0.1, 0.15) is 5.82 Å². The molecule has 1 fully saturated rings. The minimum Gasteiger partial charge on any atom is -0.313 e. The van der Waals surface area contributed by atoms with Gasteiger partial charge in [0.15, 0.2) is 0 Å². The summed E-state index contributed by atoms with van der Waals surface area (Å²) in [5.41, 5.74) is 0.958. The molecule has 0 aromatic heterocycles. The Labute approximate surface area is 126 Å². The van der Waals surface area contributed by atoms with Crippen molar-refractivity contribution in [3.63, 3.8) is 0 Å². The van der Waals surface area contributed by atoms with Crippen LogP contribution in [0.1, 0.15) is 38.2 Å². The number of nitrogens with one attached hydrogen (secondary N) is 1. The monoisotopic (exact) mass is 298 g/mol. The van der Waals surface area contributed by atoms with Crippen molar-refractivity contribution in [2.45, 2.75) is 45.2 Å². The van der Waals surface area contributed by atoms with Crippen LogP contribution in [0, 0.1) is 5.82 Å². The van der Waals surface area contributed by atoms with Crippen molar-refractivity contribution in [3.8, 4) is 0 Å². The summed E-state index contributed by atoms with van der Waals surface area (Å²) in [7, 11) is 0. The van der Waals surface area contributed by atoms with Gasteiger partial charge in [0.25, 0.3) is 0 Å². The normalized spacial score (nSPS) is 20.2. The molecular formula is C16H24ClFN2. The average molecular weight is 299 g/mol. The molecule has 2 rings (SSSR count). The molecule has 1 N–H and O–H groups in total. The fraction of sp³-hybridized carbons (Fsp3) is 0.625. The van der Waals surface area contributed by atoms with Crippen molar-refractivity contribution in [2.24, 2.45) is 0 Å². The van der Waals surface area contributed by atoms with E-state index in [4.69, 9.17) is 11.6 Å². The first-order valence-electron chi connectivity index (χ1n) is 7.55. The number of hydrogen-bond acceptors (Lipinski definition) is 2. The lowest BCUT2D eigenvalue weighted by Gasteiger charge is -2.33. The van der Waals surface area contributed by atoms with Gasteiger partial charge in [0.05, 0.1) is 0 Å². The zero-order valence-electron chi connectivity index (χ0n) is 12.2. The third kappa shape index (κ3) is 4.72. The number of benzene rings is 1. The summed E-state index contributed by atoms with van der Waals surface area (Å²) in [6.07, 6.45) is 5.18. The average Bonchev–Trinajstić information content (AvgIpc) is 2.42. The van der Waals surface area contributed by atoms with Crippen LogP contribution >= 0.6 is 11.6 Å². The third-order valence-electron chi connectivity index (χ3n) is 4.07. The van der Waals surface area contributed by atoms with Gasteiger partial charge in [-0.2, -0.15) is 0 Å². The SMILES string of the molecule is CC1CCCCN1CCCNCc1ccc(F)cc1Cl. The molecule has 112 valence electrons. The minimum absolute atomic E-state index is 0.280. The lowest BCUT2D eigenvalue weighted by Crippen LogP contribution is -2.38. The Hall–Kier alpha value is -0.640. The Bertz CT molecular complexity index is 425. The van der Waals surface area contributed by atoms with Crippen LogP contribution in [0.15, 0.2) is 18.2 Å². The first kappa shape index (κ1) is 15.7. The minimum atomic E-state index is -0.280. The second-order valence-electron chi connectivity index (χ2n) is 5.65. The van der Waals surface area contributed by atoms with Crippen LogP contribution in [0.25, 0.3) is 0 Å². The highest BCUT2D eigenvalue weighted by atomic mass is 35.5. The largest absolute Gasteiger partial charge is 0.313 e. The van der Waals surface area contributed by atoms with E-state index < -0.39 is 0 Å². The van der Waals surface area contributed by atoms with E-state index in [0.29, 0.717) is 11.6 Å². The summed E-state index contributed by atoms with van der Waals surface area (Å²) < 4.78 is 12.9. The maximum atomic E-state index is 12.9. The van der Waals surface area contributed by atoms with E-state index in [-0.39, 0.29) is 5.82 Å². The molecule has 0 radical (unpaired) electrons. The van der Waals surface area contributed by atoms with Gasteiger partial charge in [-0.25, -0.2) is 4.39 Å². The molecule has 1 atom stereocenters. The van der Waals surface area contributed by atoms with Gasteiger partial charge in [0.2, 0.25) is 0 Å². The lowest BCUT2D eigenvalue weighted by atomic mass is 10.0. The molecule has 1 aromatic rings. The topological polar surface area (TPSA) is 15.3 Å². The fourth-order valence-corrected chi connectivity index (χ4v) is 3.02. The maximum Gasteiger partial charge on any atom is 0.124 e. The molecule has 1 aromatic carbocycles. The van der Waals surface area contributed by atoms with Crippen molar-refractivity contribution >= 4 is 11.6 Å². The van der Waals surface area contributed by atoms with Gasteiger partial charge in [-0.05, 0) is 63.5 Å². The first-order valence-corrected chi connectivity index (χ1v) is 7.93. The Balaban J connectivity index is 1.64. The molecule has 1 saturated heterocycles. The van der Waals surface area contributed by atoms with E-state index in [2.05, 4.69) is 17.1 Å². The summed E-state index contributed by atoms with van der Waals surface area (Å²) >= 11 is 5.99. The zero-order chi connectivity index (χ0) is 14.4. The van der Waals surface area contributed by atoms with E-state index >= 15 is 0 Å². The van der Waals surface area contributed by atoms with Crippen molar-refractivity contribution in [3.05, 3.63) is 34.6 Å². The van der Waals surface area contributed by atoms with Crippen LogP contribution in [0.3, 0.4) is 0 Å². The zero-order valence-corrected chi connectivity index (χ0v) is 12.9. The maximum absolute atomic E-state index is 12.9. The standard InChI is InChI=1S/C16H24ClFN2/c1-13-5-2-3-9-20(13)10-4-8-19-12-14-6-7-15(18)11-16(14)17/h6-7,11,13,19H,2-5,8-10,12H2,1H3. The van der Waals surface area contributed by atoms with Crippen LogP contribution in [0.2, 0.25) is 5.02 Å². The number of rotatable bonds is 6. The second kappa shape index (κ2) is 7.96. The summed E-state index contributed by atoms with van der Waals surface area (Å²) in [5.74, 6) is -0.280. The summed E-state index contributed by atoms with van der Waals surface area (Å²) in [6, 6.07) is 5.30. The molecule has 0 amide bonds. The Morgan fingerprint density at radius 1 is 1.40 bits per heavy atom. The lowest BCUT2D eigenvalue weighted by molar-refractivity contribution is 0.159. The molecule has 0 spiro atoms. The van der Waals surface area contributed by atoms with Gasteiger partial charge < -0.3 is 10.2 Å². The van der Waals surface area contributed by atoms with Crippen molar-refractivity contribution in [2.75, 3.05) is 19.6 Å². The molecule has 0 bridgehead atoms. The van der Waals surface area contributed by atoms with Crippen molar-refractivity contribution in [1.29, 1.82) is 0 Å². The summed E-state index contributed by atoms with van der Waals surface area (Å²) in [6.45, 7) is 6.40. The van der Waals surface area contributed by atoms with Crippen molar-refractivity contribution < 1.29 is 4.39 Å². The number of nitrogens with zero attached hydrogens (tertiary/aromatic N) is 1. The molecule has 2 nitrogen and oxygen atoms in total. The molecule has 20 heavy (non-hydrogen) atoms. The molecule has 0 aliphatic carbocycles. The van der Waals surface area contributed by atoms with Crippen molar-refractivity contribution in [1.82, 2.24) is 10.2 Å². The molecule has 1 heterocycles. The molecule has 1 aliphatic heterocycles. The Morgan fingerprint density at radius 3 is 3.00 bits per heavy atom. The van der Waals surface area contributed by atoms with E-state index in [1.807, 2.05) is 0 Å². The molecule has 0 saturated carbocycles. The predicted octanol–water partition coefficient (Wildman–Crippen LogP) is 3.83. The summed E-state index contributed by atoms with van der Waals surface area (Å²) in [4.78, 5) is 2.58. The quantitative estimate of drug-likeness (QED) is 0.803. The second-order valence-corrected chi connectivity index (χ2v) is 6.05. The highest BCUT2D eigenvalue weighted by Gasteiger charge is 2.16.